The molecule has 18 heavy (non-hydrogen) atoms. The molecule has 4 bridgehead atoms. The van der Waals surface area contributed by atoms with E-state index in [9.17, 15) is 9.90 Å². The maximum atomic E-state index is 11.9. The molecule has 3 heterocycles. The summed E-state index contributed by atoms with van der Waals surface area (Å²) in [4.78, 5) is 11.9. The van der Waals surface area contributed by atoms with Gasteiger partial charge in [0.15, 0.2) is 0 Å². The minimum atomic E-state index is -1.49. The van der Waals surface area contributed by atoms with Gasteiger partial charge in [-0.15, -0.1) is 0 Å². The van der Waals surface area contributed by atoms with Crippen molar-refractivity contribution in [3.8, 4) is 0 Å². The Morgan fingerprint density at radius 1 is 1.61 bits per heavy atom. The average molecular weight is 256 g/mol. The summed E-state index contributed by atoms with van der Waals surface area (Å²) in [6, 6.07) is 0. The van der Waals surface area contributed by atoms with E-state index in [1.807, 2.05) is 0 Å². The van der Waals surface area contributed by atoms with Gasteiger partial charge in [0.05, 0.1) is 24.9 Å². The first-order chi connectivity index (χ1) is 8.55. The van der Waals surface area contributed by atoms with Gasteiger partial charge in [0.1, 0.15) is 5.76 Å². The number of esters is 1. The molecule has 0 unspecified atom stereocenters. The summed E-state index contributed by atoms with van der Waals surface area (Å²) in [5.74, 6) is -1.73. The molecule has 3 aliphatic rings. The van der Waals surface area contributed by atoms with Gasteiger partial charge in [-0.05, 0) is 13.8 Å². The van der Waals surface area contributed by atoms with Crippen LogP contribution in [0.25, 0.3) is 0 Å². The maximum absolute atomic E-state index is 11.9. The number of fused-ring (bicyclic) bond motifs is 6. The minimum absolute atomic E-state index is 0.214. The van der Waals surface area contributed by atoms with Gasteiger partial charge in [-0.1, -0.05) is 0 Å². The van der Waals surface area contributed by atoms with Crippen LogP contribution >= 0.6 is 0 Å². The molecular weight excluding hydrogens is 240 g/mol. The number of carbonyl (C=O) groups is 1. The average Bonchev–Trinajstić information content (AvgIpc) is 2.73. The Morgan fingerprint density at radius 3 is 3.11 bits per heavy atom. The van der Waals surface area contributed by atoms with Crippen molar-refractivity contribution in [1.82, 2.24) is 0 Å². The van der Waals surface area contributed by atoms with E-state index in [4.69, 9.17) is 18.9 Å². The van der Waals surface area contributed by atoms with Crippen LogP contribution in [0.3, 0.4) is 0 Å². The topological polar surface area (TPSA) is 74.2 Å². The largest absolute Gasteiger partial charge is 0.463 e. The molecule has 3 aliphatic heterocycles. The molecule has 1 N–H and O–H groups in total. The summed E-state index contributed by atoms with van der Waals surface area (Å²) in [7, 11) is 0. The van der Waals surface area contributed by atoms with Gasteiger partial charge in [-0.2, -0.15) is 0 Å². The Balaban J connectivity index is 1.97. The smallest absolute Gasteiger partial charge is 0.337 e. The molecule has 0 saturated carbocycles. The van der Waals surface area contributed by atoms with E-state index in [-0.39, 0.29) is 12.0 Å². The summed E-state index contributed by atoms with van der Waals surface area (Å²) in [5, 5.41) is 10.3. The predicted molar refractivity (Wildman–Crippen MR) is 58.1 cm³/mol. The van der Waals surface area contributed by atoms with E-state index in [1.54, 1.807) is 13.8 Å². The lowest BCUT2D eigenvalue weighted by molar-refractivity contribution is -0.329. The van der Waals surface area contributed by atoms with Crippen molar-refractivity contribution < 1.29 is 28.8 Å². The van der Waals surface area contributed by atoms with Crippen molar-refractivity contribution in [3.05, 3.63) is 11.3 Å². The summed E-state index contributed by atoms with van der Waals surface area (Å²) < 4.78 is 21.4. The van der Waals surface area contributed by atoms with E-state index in [2.05, 4.69) is 0 Å². The molecule has 2 saturated heterocycles. The SMILES string of the molecule is CCOC(=O)C1=C(C)O[C@]2(O)C[C@H]1[C@@H]1CO[C@H]2O1. The Bertz CT molecular complexity index is 417. The summed E-state index contributed by atoms with van der Waals surface area (Å²) in [5.41, 5.74) is 0.454. The monoisotopic (exact) mass is 256 g/mol. The molecule has 6 nitrogen and oxygen atoms in total. The van der Waals surface area contributed by atoms with Crippen molar-refractivity contribution in [2.75, 3.05) is 13.2 Å². The highest BCUT2D eigenvalue weighted by atomic mass is 16.8. The number of allylic oxidation sites excluding steroid dienone is 1. The van der Waals surface area contributed by atoms with Crippen LogP contribution in [0.1, 0.15) is 20.3 Å². The highest BCUT2D eigenvalue weighted by Crippen LogP contribution is 2.47. The van der Waals surface area contributed by atoms with Crippen molar-refractivity contribution in [3.63, 3.8) is 0 Å². The summed E-state index contributed by atoms with van der Waals surface area (Å²) in [6.07, 6.45) is -0.681. The first-order valence-electron chi connectivity index (χ1n) is 6.11. The van der Waals surface area contributed by atoms with Crippen LogP contribution in [0.5, 0.6) is 0 Å². The fraction of sp³-hybridized carbons (Fsp3) is 0.750. The molecule has 0 radical (unpaired) electrons. The third kappa shape index (κ3) is 1.56. The Hall–Kier alpha value is -1.11. The lowest BCUT2D eigenvalue weighted by Gasteiger charge is -2.44. The van der Waals surface area contributed by atoms with Gasteiger partial charge in [-0.25, -0.2) is 4.79 Å². The van der Waals surface area contributed by atoms with E-state index in [0.717, 1.165) is 0 Å². The highest BCUT2D eigenvalue weighted by Gasteiger charge is 2.59. The molecule has 0 spiro atoms. The third-order valence-corrected chi connectivity index (χ3v) is 3.61. The number of hydrogen-bond donors (Lipinski definition) is 1. The Kier molecular flexibility index (Phi) is 2.62. The van der Waals surface area contributed by atoms with Crippen LogP contribution in [0.2, 0.25) is 0 Å². The first-order valence-corrected chi connectivity index (χ1v) is 6.11. The van der Waals surface area contributed by atoms with Crippen molar-refractivity contribution >= 4 is 5.97 Å². The summed E-state index contributed by atoms with van der Waals surface area (Å²) >= 11 is 0. The molecular formula is C12H16O6. The van der Waals surface area contributed by atoms with E-state index in [1.165, 1.54) is 0 Å². The van der Waals surface area contributed by atoms with E-state index < -0.39 is 18.0 Å². The lowest BCUT2D eigenvalue weighted by atomic mass is 9.82. The fourth-order valence-corrected chi connectivity index (χ4v) is 2.87. The molecule has 0 aromatic heterocycles. The van der Waals surface area contributed by atoms with Gasteiger partial charge < -0.3 is 24.1 Å². The van der Waals surface area contributed by atoms with Gasteiger partial charge in [0, 0.05) is 12.3 Å². The van der Waals surface area contributed by atoms with Crippen LogP contribution < -0.4 is 0 Å². The molecule has 100 valence electrons. The summed E-state index contributed by atoms with van der Waals surface area (Å²) in [6.45, 7) is 4.07. The van der Waals surface area contributed by atoms with Crippen LogP contribution in [-0.4, -0.2) is 42.5 Å². The Morgan fingerprint density at radius 2 is 2.39 bits per heavy atom. The van der Waals surface area contributed by atoms with E-state index in [0.29, 0.717) is 31.0 Å². The first kappa shape index (κ1) is 12.0. The van der Waals surface area contributed by atoms with Gasteiger partial charge in [0.2, 0.25) is 6.29 Å². The standard InChI is InChI=1S/C12H16O6/c1-3-15-10(13)9-6(2)18-12(14)4-7(9)8-5-16-11(12)17-8/h7-8,11,14H,3-5H2,1-2H3/t7-,8-,11-,12+/m0/s1. The van der Waals surface area contributed by atoms with E-state index >= 15 is 0 Å². The number of rotatable bonds is 2. The van der Waals surface area contributed by atoms with Crippen LogP contribution in [0.15, 0.2) is 11.3 Å². The molecule has 4 atom stereocenters. The van der Waals surface area contributed by atoms with Crippen molar-refractivity contribution in [2.24, 2.45) is 5.92 Å². The number of carbonyl (C=O) groups excluding carboxylic acids is 1. The fourth-order valence-electron chi connectivity index (χ4n) is 2.87. The molecule has 6 heteroatoms. The number of ether oxygens (including phenoxy) is 4. The molecule has 0 aromatic carbocycles. The molecule has 0 aromatic rings. The zero-order valence-corrected chi connectivity index (χ0v) is 10.3. The van der Waals surface area contributed by atoms with Crippen molar-refractivity contribution in [2.45, 2.75) is 38.4 Å². The molecule has 0 amide bonds. The van der Waals surface area contributed by atoms with Crippen LogP contribution in [0, 0.1) is 5.92 Å². The van der Waals surface area contributed by atoms with Crippen LogP contribution in [-0.2, 0) is 23.7 Å². The number of hydrogen-bond acceptors (Lipinski definition) is 6. The highest BCUT2D eigenvalue weighted by molar-refractivity contribution is 5.90. The lowest BCUT2D eigenvalue weighted by Crippen LogP contribution is -2.55. The Labute approximate surface area is 104 Å². The second-order valence-corrected chi connectivity index (χ2v) is 4.79. The second kappa shape index (κ2) is 3.94. The zero-order chi connectivity index (χ0) is 12.9. The van der Waals surface area contributed by atoms with Gasteiger partial charge in [-0.3, -0.25) is 0 Å². The quantitative estimate of drug-likeness (QED) is 0.716. The minimum Gasteiger partial charge on any atom is -0.463 e. The zero-order valence-electron chi connectivity index (χ0n) is 10.3. The van der Waals surface area contributed by atoms with Gasteiger partial charge in [0.25, 0.3) is 5.79 Å². The third-order valence-electron chi connectivity index (χ3n) is 3.61. The predicted octanol–water partition coefficient (Wildman–Crippen LogP) is 0.304. The van der Waals surface area contributed by atoms with Gasteiger partial charge >= 0.3 is 5.97 Å². The maximum Gasteiger partial charge on any atom is 0.337 e. The molecule has 0 aliphatic carbocycles. The second-order valence-electron chi connectivity index (χ2n) is 4.79. The molecule has 2 fully saturated rings. The number of aliphatic hydroxyl groups is 1. The normalized spacial score (nSPS) is 41.6. The molecule has 3 rings (SSSR count). The van der Waals surface area contributed by atoms with Crippen LogP contribution in [0.4, 0.5) is 0 Å². The van der Waals surface area contributed by atoms with Crippen molar-refractivity contribution in [1.29, 1.82) is 0 Å².